The zero-order valence-corrected chi connectivity index (χ0v) is 13.7. The molecule has 1 aromatic heterocycles. The number of carbonyl (C=O) groups excluding carboxylic acids is 1. The Morgan fingerprint density at radius 1 is 1.41 bits per heavy atom. The number of carbonyl (C=O) groups is 1. The molecule has 22 heavy (non-hydrogen) atoms. The maximum atomic E-state index is 11.6. The van der Waals surface area contributed by atoms with Crippen LogP contribution in [-0.2, 0) is 23.1 Å². The summed E-state index contributed by atoms with van der Waals surface area (Å²) in [7, 11) is 5.42. The Morgan fingerprint density at radius 3 is 2.82 bits per heavy atom. The standard InChI is InChI=1S/C15H25N5O2/c1-18(2)14(21)10-22-9-11-7-20(12-5-4-6-12)8-13-15(11)19(3)17-16-13/h11-12H,4-10H2,1-3H3. The lowest BCUT2D eigenvalue weighted by Gasteiger charge is -2.41. The van der Waals surface area contributed by atoms with Gasteiger partial charge in [-0.3, -0.25) is 14.4 Å². The third kappa shape index (κ3) is 3.01. The molecule has 2 heterocycles. The zero-order valence-electron chi connectivity index (χ0n) is 13.7. The van der Waals surface area contributed by atoms with Gasteiger partial charge in [-0.25, -0.2) is 0 Å². The first-order valence-electron chi connectivity index (χ1n) is 7.96. The smallest absolute Gasteiger partial charge is 0.248 e. The van der Waals surface area contributed by atoms with E-state index in [1.807, 2.05) is 11.7 Å². The maximum absolute atomic E-state index is 11.6. The fraction of sp³-hybridized carbons (Fsp3) is 0.800. The molecule has 1 unspecified atom stereocenters. The molecule has 7 heteroatoms. The summed E-state index contributed by atoms with van der Waals surface area (Å²) in [4.78, 5) is 15.7. The van der Waals surface area contributed by atoms with Crippen molar-refractivity contribution in [2.45, 2.75) is 37.8 Å². The van der Waals surface area contributed by atoms with Gasteiger partial charge in [0.1, 0.15) is 12.3 Å². The highest BCUT2D eigenvalue weighted by Gasteiger charge is 2.35. The summed E-state index contributed by atoms with van der Waals surface area (Å²) >= 11 is 0. The molecule has 1 aliphatic carbocycles. The van der Waals surface area contributed by atoms with Crippen molar-refractivity contribution in [1.29, 1.82) is 0 Å². The molecule has 0 radical (unpaired) electrons. The molecule has 7 nitrogen and oxygen atoms in total. The maximum Gasteiger partial charge on any atom is 0.248 e. The van der Waals surface area contributed by atoms with Gasteiger partial charge >= 0.3 is 0 Å². The number of rotatable bonds is 5. The largest absolute Gasteiger partial charge is 0.371 e. The van der Waals surface area contributed by atoms with Gasteiger partial charge < -0.3 is 9.64 Å². The normalized spacial score (nSPS) is 22.2. The van der Waals surface area contributed by atoms with Gasteiger partial charge in [0, 0.05) is 46.2 Å². The highest BCUT2D eigenvalue weighted by molar-refractivity contribution is 5.76. The lowest BCUT2D eigenvalue weighted by Crippen LogP contribution is -2.45. The van der Waals surface area contributed by atoms with Crippen LogP contribution in [0.4, 0.5) is 0 Å². The minimum atomic E-state index is -0.00462. The number of fused-ring (bicyclic) bond motifs is 1. The lowest BCUT2D eigenvalue weighted by atomic mass is 9.88. The summed E-state index contributed by atoms with van der Waals surface area (Å²) in [6, 6.07) is 0.682. The predicted molar refractivity (Wildman–Crippen MR) is 81.3 cm³/mol. The van der Waals surface area contributed by atoms with Crippen LogP contribution >= 0.6 is 0 Å². The molecule has 0 spiro atoms. The summed E-state index contributed by atoms with van der Waals surface area (Å²) in [5, 5.41) is 8.48. The van der Waals surface area contributed by atoms with Crippen LogP contribution in [0.1, 0.15) is 36.6 Å². The van der Waals surface area contributed by atoms with Crippen molar-refractivity contribution >= 4 is 5.91 Å². The van der Waals surface area contributed by atoms with E-state index in [2.05, 4.69) is 15.2 Å². The number of ether oxygens (including phenoxy) is 1. The average Bonchev–Trinajstić information content (AvgIpc) is 2.78. The second-order valence-corrected chi connectivity index (χ2v) is 6.56. The average molecular weight is 307 g/mol. The third-order valence-electron chi connectivity index (χ3n) is 4.77. The van der Waals surface area contributed by atoms with Crippen LogP contribution in [0.3, 0.4) is 0 Å². The number of hydrogen-bond acceptors (Lipinski definition) is 5. The van der Waals surface area contributed by atoms with Gasteiger partial charge in [0.25, 0.3) is 0 Å². The van der Waals surface area contributed by atoms with E-state index in [9.17, 15) is 4.79 Å². The van der Waals surface area contributed by atoms with Crippen molar-refractivity contribution in [1.82, 2.24) is 24.8 Å². The molecule has 0 aromatic carbocycles. The summed E-state index contributed by atoms with van der Waals surface area (Å²) in [5.41, 5.74) is 2.22. The van der Waals surface area contributed by atoms with E-state index in [1.165, 1.54) is 19.3 Å². The van der Waals surface area contributed by atoms with Crippen LogP contribution in [0.25, 0.3) is 0 Å². The van der Waals surface area contributed by atoms with E-state index in [-0.39, 0.29) is 18.4 Å². The Labute approximate surface area is 131 Å². The molecule has 1 aromatic rings. The molecule has 122 valence electrons. The minimum Gasteiger partial charge on any atom is -0.371 e. The van der Waals surface area contributed by atoms with Crippen LogP contribution in [0, 0.1) is 0 Å². The first-order valence-corrected chi connectivity index (χ1v) is 7.96. The van der Waals surface area contributed by atoms with Crippen LogP contribution in [0.15, 0.2) is 0 Å². The van der Waals surface area contributed by atoms with E-state index in [1.54, 1.807) is 19.0 Å². The van der Waals surface area contributed by atoms with E-state index in [4.69, 9.17) is 4.74 Å². The Balaban J connectivity index is 1.65. The zero-order chi connectivity index (χ0) is 15.7. The molecular formula is C15H25N5O2. The van der Waals surface area contributed by atoms with E-state index in [0.717, 1.165) is 24.5 Å². The Bertz CT molecular complexity index is 538. The quantitative estimate of drug-likeness (QED) is 0.786. The summed E-state index contributed by atoms with van der Waals surface area (Å²) in [5.74, 6) is 0.231. The van der Waals surface area contributed by atoms with Crippen LogP contribution in [0.5, 0.6) is 0 Å². The first kappa shape index (κ1) is 15.4. The molecule has 1 atom stereocenters. The van der Waals surface area contributed by atoms with Gasteiger partial charge in [-0.2, -0.15) is 0 Å². The molecule has 1 fully saturated rings. The van der Waals surface area contributed by atoms with Gasteiger partial charge in [-0.15, -0.1) is 5.10 Å². The fourth-order valence-electron chi connectivity index (χ4n) is 3.23. The van der Waals surface area contributed by atoms with Crippen LogP contribution < -0.4 is 0 Å². The summed E-state index contributed by atoms with van der Waals surface area (Å²) in [6.45, 7) is 2.53. The SMILES string of the molecule is CN(C)C(=O)COCC1CN(C2CCC2)Cc2nnn(C)c21. The Hall–Kier alpha value is -1.47. The van der Waals surface area contributed by atoms with Crippen molar-refractivity contribution in [3.05, 3.63) is 11.4 Å². The highest BCUT2D eigenvalue weighted by Crippen LogP contribution is 2.33. The van der Waals surface area contributed by atoms with Gasteiger partial charge in [0.05, 0.1) is 12.3 Å². The minimum absolute atomic E-state index is 0.00462. The van der Waals surface area contributed by atoms with Crippen molar-refractivity contribution < 1.29 is 9.53 Å². The molecule has 0 saturated heterocycles. The van der Waals surface area contributed by atoms with E-state index < -0.39 is 0 Å². The number of hydrogen-bond donors (Lipinski definition) is 0. The van der Waals surface area contributed by atoms with Crippen molar-refractivity contribution in [3.63, 3.8) is 0 Å². The molecule has 1 aliphatic heterocycles. The lowest BCUT2D eigenvalue weighted by molar-refractivity contribution is -0.133. The Kier molecular flexibility index (Phi) is 4.44. The number of aromatic nitrogens is 3. The van der Waals surface area contributed by atoms with Crippen molar-refractivity contribution in [2.75, 3.05) is 33.9 Å². The van der Waals surface area contributed by atoms with Crippen molar-refractivity contribution in [3.8, 4) is 0 Å². The molecule has 1 saturated carbocycles. The van der Waals surface area contributed by atoms with Crippen LogP contribution in [-0.4, -0.2) is 70.6 Å². The molecule has 2 aliphatic rings. The molecule has 0 bridgehead atoms. The topological polar surface area (TPSA) is 63.5 Å². The monoisotopic (exact) mass is 307 g/mol. The Morgan fingerprint density at radius 2 is 2.18 bits per heavy atom. The first-order chi connectivity index (χ1) is 10.6. The van der Waals surface area contributed by atoms with Gasteiger partial charge in [0.2, 0.25) is 5.91 Å². The van der Waals surface area contributed by atoms with E-state index in [0.29, 0.717) is 12.6 Å². The van der Waals surface area contributed by atoms with Gasteiger partial charge in [-0.1, -0.05) is 11.6 Å². The number of nitrogens with zero attached hydrogens (tertiary/aromatic N) is 5. The van der Waals surface area contributed by atoms with Gasteiger partial charge in [0.15, 0.2) is 0 Å². The molecule has 3 rings (SSSR count). The second-order valence-electron chi connectivity index (χ2n) is 6.56. The molecule has 1 amide bonds. The van der Waals surface area contributed by atoms with Gasteiger partial charge in [-0.05, 0) is 12.8 Å². The molecule has 0 N–H and O–H groups in total. The summed E-state index contributed by atoms with van der Waals surface area (Å²) < 4.78 is 7.53. The van der Waals surface area contributed by atoms with E-state index >= 15 is 0 Å². The third-order valence-corrected chi connectivity index (χ3v) is 4.77. The second kappa shape index (κ2) is 6.34. The van der Waals surface area contributed by atoms with Crippen molar-refractivity contribution in [2.24, 2.45) is 7.05 Å². The number of likely N-dealkylation sites (N-methyl/N-ethyl adjacent to an activating group) is 1. The highest BCUT2D eigenvalue weighted by atomic mass is 16.5. The number of amides is 1. The fourth-order valence-corrected chi connectivity index (χ4v) is 3.23. The summed E-state index contributed by atoms with van der Waals surface area (Å²) in [6.07, 6.45) is 3.89. The predicted octanol–water partition coefficient (Wildman–Crippen LogP) is 0.372. The number of aryl methyl sites for hydroxylation is 1. The van der Waals surface area contributed by atoms with Crippen LogP contribution in [0.2, 0.25) is 0 Å². The molecular weight excluding hydrogens is 282 g/mol.